The number of nitrogens with one attached hydrogen (secondary N) is 1. The molecule has 0 aromatic rings. The van der Waals surface area contributed by atoms with Gasteiger partial charge in [0, 0.05) is 13.1 Å². The van der Waals surface area contributed by atoms with Crippen LogP contribution in [0.1, 0.15) is 6.42 Å². The Morgan fingerprint density at radius 1 is 0.909 bits per heavy atom. The summed E-state index contributed by atoms with van der Waals surface area (Å²) in [5, 5.41) is 3.35. The summed E-state index contributed by atoms with van der Waals surface area (Å²) in [6.07, 6.45) is 1.07. The van der Waals surface area contributed by atoms with E-state index in [2.05, 4.69) is 57.7 Å². The molecule has 0 aliphatic rings. The Labute approximate surface area is 142 Å². The molecule has 5 nitrogen and oxygen atoms in total. The molecule has 2 atom stereocenters. The summed E-state index contributed by atoms with van der Waals surface area (Å²) in [6, 6.07) is 1.02. The quantitative estimate of drug-likeness (QED) is 0.401. The highest BCUT2D eigenvalue weighted by atomic mass is 28.5. The van der Waals surface area contributed by atoms with Crippen LogP contribution in [0.4, 0.5) is 0 Å². The summed E-state index contributed by atoms with van der Waals surface area (Å²) in [4.78, 5) is 0. The van der Waals surface area contributed by atoms with E-state index < -0.39 is 34.5 Å². The minimum Gasteiger partial charge on any atom is -0.439 e. The SMILES string of the molecule is C[SiH](O[Si](C)(C)C)O[Si](C)(CCCNCCN)O[Si](C)(C)C. The molecule has 0 aliphatic carbocycles. The van der Waals surface area contributed by atoms with Crippen LogP contribution in [0.2, 0.25) is 58.4 Å². The van der Waals surface area contributed by atoms with Gasteiger partial charge >= 0.3 is 8.56 Å². The highest BCUT2D eigenvalue weighted by Crippen LogP contribution is 2.23. The maximum atomic E-state index is 6.49. The molecule has 0 radical (unpaired) electrons. The van der Waals surface area contributed by atoms with Crippen molar-refractivity contribution in [1.29, 1.82) is 0 Å². The molecule has 0 amide bonds. The predicted octanol–water partition coefficient (Wildman–Crippen LogP) is 2.57. The fourth-order valence-electron chi connectivity index (χ4n) is 2.42. The number of nitrogens with two attached hydrogens (primary N) is 1. The van der Waals surface area contributed by atoms with E-state index in [0.717, 1.165) is 25.6 Å². The van der Waals surface area contributed by atoms with Gasteiger partial charge in [0.25, 0.3) is 9.28 Å². The first-order valence-corrected chi connectivity index (χ1v) is 19.8. The second-order valence-corrected chi connectivity index (χ2v) is 23.0. The Bertz CT molecular complexity index is 311. The van der Waals surface area contributed by atoms with Crippen molar-refractivity contribution < 1.29 is 12.3 Å². The summed E-state index contributed by atoms with van der Waals surface area (Å²) in [5.41, 5.74) is 5.50. The summed E-state index contributed by atoms with van der Waals surface area (Å²) in [7, 11) is -6.94. The van der Waals surface area contributed by atoms with Crippen molar-refractivity contribution in [3.8, 4) is 0 Å². The molecule has 0 aromatic heterocycles. The zero-order valence-corrected chi connectivity index (χ0v) is 20.1. The van der Waals surface area contributed by atoms with Gasteiger partial charge in [-0.3, -0.25) is 0 Å². The number of hydrogen-bond donors (Lipinski definition) is 2. The minimum atomic E-state index is -2.16. The van der Waals surface area contributed by atoms with Gasteiger partial charge in [0.05, 0.1) is 0 Å². The van der Waals surface area contributed by atoms with Crippen LogP contribution >= 0.6 is 0 Å². The van der Waals surface area contributed by atoms with Gasteiger partial charge in [-0.1, -0.05) is 0 Å². The molecule has 0 saturated heterocycles. The van der Waals surface area contributed by atoms with E-state index in [0.29, 0.717) is 6.54 Å². The molecule has 22 heavy (non-hydrogen) atoms. The van der Waals surface area contributed by atoms with Crippen LogP contribution in [-0.4, -0.2) is 54.1 Å². The Morgan fingerprint density at radius 3 is 1.95 bits per heavy atom. The lowest BCUT2D eigenvalue weighted by Gasteiger charge is -2.37. The van der Waals surface area contributed by atoms with Crippen LogP contribution in [0.3, 0.4) is 0 Å². The fourth-order valence-corrected chi connectivity index (χ4v) is 17.3. The third kappa shape index (κ3) is 13.1. The lowest BCUT2D eigenvalue weighted by Crippen LogP contribution is -2.52. The smallest absolute Gasteiger partial charge is 0.315 e. The first-order valence-electron chi connectivity index (χ1n) is 8.33. The first-order chi connectivity index (χ1) is 9.87. The van der Waals surface area contributed by atoms with Gasteiger partial charge in [0.2, 0.25) is 0 Å². The lowest BCUT2D eigenvalue weighted by atomic mass is 10.5. The van der Waals surface area contributed by atoms with E-state index in [-0.39, 0.29) is 0 Å². The van der Waals surface area contributed by atoms with Crippen LogP contribution in [0.25, 0.3) is 0 Å². The van der Waals surface area contributed by atoms with E-state index in [1.165, 1.54) is 0 Å². The maximum absolute atomic E-state index is 6.49. The molecule has 3 N–H and O–H groups in total. The molecule has 0 aromatic carbocycles. The molecule has 0 bridgehead atoms. The molecular weight excluding hydrogens is 344 g/mol. The molecule has 0 spiro atoms. The van der Waals surface area contributed by atoms with E-state index in [9.17, 15) is 0 Å². The largest absolute Gasteiger partial charge is 0.439 e. The van der Waals surface area contributed by atoms with E-state index in [1.54, 1.807) is 0 Å². The van der Waals surface area contributed by atoms with Gasteiger partial charge in [-0.25, -0.2) is 0 Å². The van der Waals surface area contributed by atoms with Crippen molar-refractivity contribution in [3.63, 3.8) is 0 Å². The average Bonchev–Trinajstić information content (AvgIpc) is 2.22. The molecule has 0 saturated carbocycles. The normalized spacial score (nSPS) is 17.3. The minimum absolute atomic E-state index is 0.685. The van der Waals surface area contributed by atoms with Crippen LogP contribution < -0.4 is 11.1 Å². The Hall–Kier alpha value is 0.668. The number of rotatable bonds is 12. The monoisotopic (exact) mass is 382 g/mol. The van der Waals surface area contributed by atoms with Crippen molar-refractivity contribution in [2.45, 2.75) is 64.8 Å². The van der Waals surface area contributed by atoms with Crippen LogP contribution in [0.15, 0.2) is 0 Å². The van der Waals surface area contributed by atoms with Gasteiger partial charge in [0.1, 0.15) is 0 Å². The second-order valence-electron chi connectivity index (χ2n) is 7.91. The standard InChI is InChI=1S/C13H38N2O3Si4/c1-19(16-20(2,3)4)17-22(8,18-21(5,6)7)13-9-11-15-12-10-14/h15,19H,9-14H2,1-8H3. The van der Waals surface area contributed by atoms with Gasteiger partial charge in [-0.05, 0) is 71.4 Å². The Balaban J connectivity index is 4.58. The van der Waals surface area contributed by atoms with Gasteiger partial charge in [-0.2, -0.15) is 0 Å². The summed E-state index contributed by atoms with van der Waals surface area (Å²) in [6.45, 7) is 20.2. The van der Waals surface area contributed by atoms with Crippen molar-refractivity contribution in [3.05, 3.63) is 0 Å². The second kappa shape index (κ2) is 9.84. The lowest BCUT2D eigenvalue weighted by molar-refractivity contribution is 0.342. The van der Waals surface area contributed by atoms with Gasteiger partial charge < -0.3 is 23.4 Å². The maximum Gasteiger partial charge on any atom is 0.315 e. The molecule has 2 unspecified atom stereocenters. The van der Waals surface area contributed by atoms with Crippen molar-refractivity contribution in [1.82, 2.24) is 5.32 Å². The molecule has 134 valence electrons. The van der Waals surface area contributed by atoms with Crippen molar-refractivity contribution in [2.24, 2.45) is 5.73 Å². The Morgan fingerprint density at radius 2 is 1.50 bits per heavy atom. The third-order valence-corrected chi connectivity index (χ3v) is 15.7. The number of hydrogen-bond acceptors (Lipinski definition) is 5. The van der Waals surface area contributed by atoms with Crippen molar-refractivity contribution >= 4 is 34.5 Å². The molecule has 0 fully saturated rings. The molecular formula is C13H38N2O3Si4. The summed E-state index contributed by atoms with van der Waals surface area (Å²) >= 11 is 0. The first kappa shape index (κ1) is 22.7. The van der Waals surface area contributed by atoms with Gasteiger partial charge in [0.15, 0.2) is 16.6 Å². The molecule has 0 heterocycles. The molecule has 0 rings (SSSR count). The van der Waals surface area contributed by atoms with Crippen LogP contribution in [0, 0.1) is 0 Å². The highest BCUT2D eigenvalue weighted by molar-refractivity contribution is 6.85. The molecule has 9 heteroatoms. The van der Waals surface area contributed by atoms with E-state index >= 15 is 0 Å². The highest BCUT2D eigenvalue weighted by Gasteiger charge is 2.38. The van der Waals surface area contributed by atoms with Crippen LogP contribution in [0.5, 0.6) is 0 Å². The average molecular weight is 383 g/mol. The Kier molecular flexibility index (Phi) is 10.1. The zero-order valence-electron chi connectivity index (χ0n) is 15.9. The predicted molar refractivity (Wildman–Crippen MR) is 106 cm³/mol. The van der Waals surface area contributed by atoms with Crippen LogP contribution in [-0.2, 0) is 12.3 Å². The molecule has 0 aliphatic heterocycles. The van der Waals surface area contributed by atoms with Gasteiger partial charge in [-0.15, -0.1) is 0 Å². The summed E-state index contributed by atoms with van der Waals surface area (Å²) < 4.78 is 19.1. The van der Waals surface area contributed by atoms with Crippen molar-refractivity contribution in [2.75, 3.05) is 19.6 Å². The van der Waals surface area contributed by atoms with E-state index in [4.69, 9.17) is 18.1 Å². The fraction of sp³-hybridized carbons (Fsp3) is 1.00. The zero-order chi connectivity index (χ0) is 17.4. The third-order valence-electron chi connectivity index (χ3n) is 2.76. The van der Waals surface area contributed by atoms with E-state index in [1.807, 2.05) is 0 Å². The topological polar surface area (TPSA) is 65.7 Å². The summed E-state index contributed by atoms with van der Waals surface area (Å²) in [5.74, 6) is 0.